The second-order valence-corrected chi connectivity index (χ2v) is 4.94. The number of methoxy groups -OCH3 is 1. The number of nitrogens with zero attached hydrogens (tertiary/aromatic N) is 1. The van der Waals surface area contributed by atoms with Crippen LogP contribution in [0.5, 0.6) is 5.75 Å². The zero-order valence-corrected chi connectivity index (χ0v) is 12.1. The summed E-state index contributed by atoms with van der Waals surface area (Å²) >= 11 is 0. The molecule has 22 heavy (non-hydrogen) atoms. The average molecular weight is 313 g/mol. The van der Waals surface area contributed by atoms with Gasteiger partial charge in [0.2, 0.25) is 0 Å². The van der Waals surface area contributed by atoms with Gasteiger partial charge in [-0.2, -0.15) is 8.78 Å². The summed E-state index contributed by atoms with van der Waals surface area (Å²) in [7, 11) is 1.29. The molecule has 1 aliphatic heterocycles. The van der Waals surface area contributed by atoms with Crippen LogP contribution in [0, 0.1) is 0 Å². The number of hydrogen-bond acceptors (Lipinski definition) is 4. The van der Waals surface area contributed by atoms with E-state index in [2.05, 4.69) is 4.74 Å². The number of hydrogen-bond donors (Lipinski definition) is 0. The summed E-state index contributed by atoms with van der Waals surface area (Å²) in [5.41, 5.74) is 0.317. The number of likely N-dealkylation sites (tertiary alicyclic amines) is 1. The fraction of sp³-hybridized carbons (Fsp3) is 0.467. The predicted molar refractivity (Wildman–Crippen MR) is 73.8 cm³/mol. The molecule has 0 N–H and O–H groups in total. The monoisotopic (exact) mass is 313 g/mol. The van der Waals surface area contributed by atoms with E-state index in [0.29, 0.717) is 18.5 Å². The molecule has 2 rings (SSSR count). The SMILES string of the molecule is COC(=O)C1CCCCN1C(=O)c1ccc(OC(F)F)cc1. The fourth-order valence-electron chi connectivity index (χ4n) is 2.50. The Morgan fingerprint density at radius 3 is 2.50 bits per heavy atom. The maximum absolute atomic E-state index is 12.5. The molecule has 1 aromatic carbocycles. The largest absolute Gasteiger partial charge is 0.467 e. The molecular weight excluding hydrogens is 296 g/mol. The summed E-state index contributed by atoms with van der Waals surface area (Å²) in [6.45, 7) is -2.44. The molecule has 1 amide bonds. The van der Waals surface area contributed by atoms with E-state index in [1.807, 2.05) is 0 Å². The average Bonchev–Trinajstić information content (AvgIpc) is 2.53. The Bertz CT molecular complexity index is 533. The number of carbonyl (C=O) groups excluding carboxylic acids is 2. The molecule has 7 heteroatoms. The van der Waals surface area contributed by atoms with Gasteiger partial charge < -0.3 is 14.4 Å². The molecule has 0 radical (unpaired) electrons. The Balaban J connectivity index is 2.13. The molecule has 0 aliphatic carbocycles. The molecule has 1 fully saturated rings. The van der Waals surface area contributed by atoms with Crippen LogP contribution in [0.15, 0.2) is 24.3 Å². The van der Waals surface area contributed by atoms with Crippen LogP contribution in [0.2, 0.25) is 0 Å². The highest BCUT2D eigenvalue weighted by Crippen LogP contribution is 2.22. The summed E-state index contributed by atoms with van der Waals surface area (Å²) in [6.07, 6.45) is 2.22. The number of piperidine rings is 1. The van der Waals surface area contributed by atoms with Crippen LogP contribution in [-0.2, 0) is 9.53 Å². The van der Waals surface area contributed by atoms with Gasteiger partial charge in [0.25, 0.3) is 5.91 Å². The summed E-state index contributed by atoms with van der Waals surface area (Å²) < 4.78 is 33.2. The number of benzene rings is 1. The van der Waals surface area contributed by atoms with E-state index >= 15 is 0 Å². The van der Waals surface area contributed by atoms with Crippen molar-refractivity contribution in [2.75, 3.05) is 13.7 Å². The number of amides is 1. The van der Waals surface area contributed by atoms with E-state index in [1.165, 1.54) is 36.3 Å². The van der Waals surface area contributed by atoms with E-state index in [9.17, 15) is 18.4 Å². The van der Waals surface area contributed by atoms with Crippen molar-refractivity contribution < 1.29 is 27.8 Å². The van der Waals surface area contributed by atoms with E-state index in [1.54, 1.807) is 0 Å². The van der Waals surface area contributed by atoms with Gasteiger partial charge in [0.15, 0.2) is 0 Å². The topological polar surface area (TPSA) is 55.8 Å². The van der Waals surface area contributed by atoms with E-state index in [4.69, 9.17) is 4.74 Å². The van der Waals surface area contributed by atoms with Crippen LogP contribution in [0.25, 0.3) is 0 Å². The minimum atomic E-state index is -2.91. The number of halogens is 2. The lowest BCUT2D eigenvalue weighted by atomic mass is 10.0. The molecule has 1 aromatic rings. The third-order valence-corrected chi connectivity index (χ3v) is 3.56. The molecule has 1 saturated heterocycles. The zero-order chi connectivity index (χ0) is 16.1. The Hall–Kier alpha value is -2.18. The lowest BCUT2D eigenvalue weighted by Crippen LogP contribution is -2.48. The Morgan fingerprint density at radius 1 is 1.23 bits per heavy atom. The number of alkyl halides is 2. The first-order chi connectivity index (χ1) is 10.5. The molecule has 120 valence electrons. The normalized spacial score (nSPS) is 18.2. The van der Waals surface area contributed by atoms with Gasteiger partial charge in [-0.25, -0.2) is 4.79 Å². The highest BCUT2D eigenvalue weighted by atomic mass is 19.3. The van der Waals surface area contributed by atoms with Gasteiger partial charge in [-0.1, -0.05) is 0 Å². The second-order valence-electron chi connectivity index (χ2n) is 4.94. The first-order valence-electron chi connectivity index (χ1n) is 6.96. The van der Waals surface area contributed by atoms with Gasteiger partial charge in [0, 0.05) is 12.1 Å². The summed E-state index contributed by atoms with van der Waals surface area (Å²) in [4.78, 5) is 25.7. The standard InChI is InChI=1S/C15H17F2NO4/c1-21-14(20)12-4-2-3-9-18(12)13(19)10-5-7-11(8-6-10)22-15(16)17/h5-8,12,15H,2-4,9H2,1H3. The zero-order valence-electron chi connectivity index (χ0n) is 12.1. The van der Waals surface area contributed by atoms with Gasteiger partial charge in [-0.15, -0.1) is 0 Å². The number of carbonyl (C=O) groups is 2. The maximum atomic E-state index is 12.5. The number of rotatable bonds is 4. The summed E-state index contributed by atoms with van der Waals surface area (Å²) in [5, 5.41) is 0. The Kier molecular flexibility index (Phi) is 5.30. The molecule has 5 nitrogen and oxygen atoms in total. The molecule has 1 atom stereocenters. The molecule has 1 heterocycles. The van der Waals surface area contributed by atoms with Crippen molar-refractivity contribution in [1.29, 1.82) is 0 Å². The predicted octanol–water partition coefficient (Wildman–Crippen LogP) is 2.46. The third-order valence-electron chi connectivity index (χ3n) is 3.56. The summed E-state index contributed by atoms with van der Waals surface area (Å²) in [5.74, 6) is -0.779. The Labute approximate surface area is 126 Å². The highest BCUT2D eigenvalue weighted by Gasteiger charge is 2.33. The second kappa shape index (κ2) is 7.20. The molecule has 0 bridgehead atoms. The number of esters is 1. The van der Waals surface area contributed by atoms with Crippen molar-refractivity contribution >= 4 is 11.9 Å². The van der Waals surface area contributed by atoms with Crippen LogP contribution in [0.3, 0.4) is 0 Å². The minimum Gasteiger partial charge on any atom is -0.467 e. The first-order valence-corrected chi connectivity index (χ1v) is 6.96. The molecule has 0 saturated carbocycles. The van der Waals surface area contributed by atoms with Crippen molar-refractivity contribution in [3.05, 3.63) is 29.8 Å². The number of ether oxygens (including phenoxy) is 2. The lowest BCUT2D eigenvalue weighted by Gasteiger charge is -2.33. The molecule has 0 aromatic heterocycles. The lowest BCUT2D eigenvalue weighted by molar-refractivity contribution is -0.147. The van der Waals surface area contributed by atoms with Gasteiger partial charge in [0.1, 0.15) is 11.8 Å². The molecule has 1 aliphatic rings. The Morgan fingerprint density at radius 2 is 1.91 bits per heavy atom. The van der Waals surface area contributed by atoms with Crippen LogP contribution < -0.4 is 4.74 Å². The van der Waals surface area contributed by atoms with Crippen LogP contribution in [0.1, 0.15) is 29.6 Å². The van der Waals surface area contributed by atoms with Crippen LogP contribution >= 0.6 is 0 Å². The smallest absolute Gasteiger partial charge is 0.387 e. The summed E-state index contributed by atoms with van der Waals surface area (Å²) in [6, 6.07) is 4.82. The molecule has 1 unspecified atom stereocenters. The van der Waals surface area contributed by atoms with Gasteiger partial charge >= 0.3 is 12.6 Å². The third kappa shape index (κ3) is 3.72. The molecule has 0 spiro atoms. The molecular formula is C15H17F2NO4. The van der Waals surface area contributed by atoms with Gasteiger partial charge in [-0.3, -0.25) is 4.79 Å². The van der Waals surface area contributed by atoms with Crippen molar-refractivity contribution in [2.45, 2.75) is 31.9 Å². The van der Waals surface area contributed by atoms with Crippen molar-refractivity contribution in [3.63, 3.8) is 0 Å². The van der Waals surface area contributed by atoms with Gasteiger partial charge in [0.05, 0.1) is 7.11 Å². The maximum Gasteiger partial charge on any atom is 0.387 e. The minimum absolute atomic E-state index is 0.0188. The van der Waals surface area contributed by atoms with E-state index < -0.39 is 18.6 Å². The van der Waals surface area contributed by atoms with Crippen molar-refractivity contribution in [2.24, 2.45) is 0 Å². The van der Waals surface area contributed by atoms with Crippen LogP contribution in [0.4, 0.5) is 8.78 Å². The first kappa shape index (κ1) is 16.2. The van der Waals surface area contributed by atoms with E-state index in [0.717, 1.165) is 12.8 Å². The van der Waals surface area contributed by atoms with E-state index in [-0.39, 0.29) is 11.7 Å². The highest BCUT2D eigenvalue weighted by molar-refractivity contribution is 5.97. The van der Waals surface area contributed by atoms with Crippen LogP contribution in [-0.4, -0.2) is 43.1 Å². The van der Waals surface area contributed by atoms with Gasteiger partial charge in [-0.05, 0) is 43.5 Å². The van der Waals surface area contributed by atoms with Crippen molar-refractivity contribution in [1.82, 2.24) is 4.90 Å². The quantitative estimate of drug-likeness (QED) is 0.801. The fourth-order valence-corrected chi connectivity index (χ4v) is 2.50. The van der Waals surface area contributed by atoms with Crippen molar-refractivity contribution in [3.8, 4) is 5.75 Å².